The highest BCUT2D eigenvalue weighted by molar-refractivity contribution is 5.68. The minimum Gasteiger partial charge on any atom is -0.444 e. The molecule has 0 unspecified atom stereocenters. The zero-order valence-electron chi connectivity index (χ0n) is 13.1. The Labute approximate surface area is 130 Å². The Balaban J connectivity index is 1.93. The molecule has 0 spiro atoms. The number of carbonyl (C=O) groups is 1. The van der Waals surface area contributed by atoms with E-state index < -0.39 is 11.7 Å². The molecule has 0 radical (unpaired) electrons. The number of alkyl carbamates (subject to hydrolysis) is 1. The Morgan fingerprint density at radius 2 is 1.95 bits per heavy atom. The summed E-state index contributed by atoms with van der Waals surface area (Å²) in [5, 5.41) is 6.01. The van der Waals surface area contributed by atoms with Crippen molar-refractivity contribution in [3.05, 3.63) is 54.4 Å². The molecule has 0 saturated carbocycles. The van der Waals surface area contributed by atoms with Crippen LogP contribution in [-0.4, -0.2) is 16.7 Å². The molecular weight excluding hydrogens is 278 g/mol. The minimum atomic E-state index is -0.492. The van der Waals surface area contributed by atoms with Gasteiger partial charge in [-0.05, 0) is 50.6 Å². The van der Waals surface area contributed by atoms with Crippen molar-refractivity contribution in [3.8, 4) is 0 Å². The predicted molar refractivity (Wildman–Crippen MR) is 87.0 cm³/mol. The zero-order chi connectivity index (χ0) is 16.0. The predicted octanol–water partition coefficient (Wildman–Crippen LogP) is 3.85. The quantitative estimate of drug-likeness (QED) is 0.900. The molecule has 2 rings (SSSR count). The summed E-state index contributed by atoms with van der Waals surface area (Å²) in [7, 11) is 0. The van der Waals surface area contributed by atoms with Gasteiger partial charge in [0.2, 0.25) is 0 Å². The van der Waals surface area contributed by atoms with Gasteiger partial charge in [0.15, 0.2) is 0 Å². The summed E-state index contributed by atoms with van der Waals surface area (Å²) in [6.07, 6.45) is 3.07. The molecule has 0 bridgehead atoms. The Morgan fingerprint density at radius 3 is 2.64 bits per heavy atom. The Morgan fingerprint density at radius 1 is 1.18 bits per heavy atom. The first-order chi connectivity index (χ1) is 10.4. The number of nitrogens with zero attached hydrogens (tertiary/aromatic N) is 1. The summed E-state index contributed by atoms with van der Waals surface area (Å²) < 4.78 is 5.21. The normalized spacial score (nSPS) is 10.9. The topological polar surface area (TPSA) is 63.2 Å². The number of rotatable bonds is 4. The maximum atomic E-state index is 11.7. The number of anilines is 2. The number of pyridine rings is 1. The van der Waals surface area contributed by atoms with E-state index >= 15 is 0 Å². The van der Waals surface area contributed by atoms with Crippen molar-refractivity contribution in [2.24, 2.45) is 0 Å². The van der Waals surface area contributed by atoms with Crippen molar-refractivity contribution in [2.75, 3.05) is 5.32 Å². The van der Waals surface area contributed by atoms with Gasteiger partial charge in [-0.1, -0.05) is 12.1 Å². The van der Waals surface area contributed by atoms with Gasteiger partial charge in [0.25, 0.3) is 0 Å². The lowest BCUT2D eigenvalue weighted by Gasteiger charge is -2.19. The molecule has 2 N–H and O–H groups in total. The largest absolute Gasteiger partial charge is 0.444 e. The maximum Gasteiger partial charge on any atom is 0.407 e. The summed E-state index contributed by atoms with van der Waals surface area (Å²) in [5.74, 6) is 0. The van der Waals surface area contributed by atoms with Gasteiger partial charge in [-0.25, -0.2) is 4.79 Å². The lowest BCUT2D eigenvalue weighted by Crippen LogP contribution is -2.32. The monoisotopic (exact) mass is 299 g/mol. The Kier molecular flexibility index (Phi) is 4.99. The lowest BCUT2D eigenvalue weighted by molar-refractivity contribution is 0.0523. The Bertz CT molecular complexity index is 621. The van der Waals surface area contributed by atoms with Gasteiger partial charge in [-0.3, -0.25) is 4.98 Å². The number of ether oxygens (including phenoxy) is 1. The van der Waals surface area contributed by atoms with Crippen molar-refractivity contribution in [1.29, 1.82) is 0 Å². The molecule has 0 atom stereocenters. The molecule has 5 heteroatoms. The smallest absolute Gasteiger partial charge is 0.407 e. The Hall–Kier alpha value is -2.56. The molecule has 1 aromatic heterocycles. The highest BCUT2D eigenvalue weighted by Gasteiger charge is 2.15. The highest BCUT2D eigenvalue weighted by Crippen LogP contribution is 2.16. The number of nitrogens with one attached hydrogen (secondary N) is 2. The van der Waals surface area contributed by atoms with Gasteiger partial charge >= 0.3 is 6.09 Å². The first kappa shape index (κ1) is 15.8. The van der Waals surface area contributed by atoms with Crippen LogP contribution in [0.15, 0.2) is 48.8 Å². The molecule has 2 aromatic rings. The molecule has 116 valence electrons. The number of benzene rings is 1. The number of aromatic nitrogens is 1. The molecule has 1 heterocycles. The summed E-state index contributed by atoms with van der Waals surface area (Å²) in [6.45, 7) is 5.93. The number of amides is 1. The third kappa shape index (κ3) is 5.44. The van der Waals surface area contributed by atoms with Gasteiger partial charge in [0, 0.05) is 18.4 Å². The number of hydrogen-bond acceptors (Lipinski definition) is 4. The van der Waals surface area contributed by atoms with Crippen molar-refractivity contribution in [3.63, 3.8) is 0 Å². The van der Waals surface area contributed by atoms with Gasteiger partial charge in [-0.15, -0.1) is 0 Å². The van der Waals surface area contributed by atoms with Crippen LogP contribution in [0.25, 0.3) is 0 Å². The van der Waals surface area contributed by atoms with Crippen LogP contribution in [0.5, 0.6) is 0 Å². The zero-order valence-corrected chi connectivity index (χ0v) is 13.1. The lowest BCUT2D eigenvalue weighted by atomic mass is 10.2. The van der Waals surface area contributed by atoms with Crippen LogP contribution in [0.2, 0.25) is 0 Å². The first-order valence-electron chi connectivity index (χ1n) is 7.15. The van der Waals surface area contributed by atoms with Crippen LogP contribution >= 0.6 is 0 Å². The minimum absolute atomic E-state index is 0.414. The molecule has 0 aliphatic rings. The molecule has 1 aromatic carbocycles. The van der Waals surface area contributed by atoms with Crippen molar-refractivity contribution in [1.82, 2.24) is 10.3 Å². The van der Waals surface area contributed by atoms with E-state index in [0.29, 0.717) is 6.54 Å². The fraction of sp³-hybridized carbons (Fsp3) is 0.294. The van der Waals surface area contributed by atoms with E-state index in [-0.39, 0.29) is 0 Å². The number of carbonyl (C=O) groups excluding carboxylic acids is 1. The summed E-state index contributed by atoms with van der Waals surface area (Å²) >= 11 is 0. The summed E-state index contributed by atoms with van der Waals surface area (Å²) in [5.41, 5.74) is 2.35. The average Bonchev–Trinajstić information content (AvgIpc) is 2.45. The molecule has 0 aliphatic carbocycles. The molecule has 0 aliphatic heterocycles. The van der Waals surface area contributed by atoms with E-state index in [1.54, 1.807) is 12.4 Å². The van der Waals surface area contributed by atoms with Crippen molar-refractivity contribution < 1.29 is 9.53 Å². The highest BCUT2D eigenvalue weighted by atomic mass is 16.6. The van der Waals surface area contributed by atoms with Gasteiger partial charge < -0.3 is 15.4 Å². The molecule has 1 amide bonds. The van der Waals surface area contributed by atoms with Crippen LogP contribution in [0.1, 0.15) is 26.3 Å². The van der Waals surface area contributed by atoms with Crippen LogP contribution in [0, 0.1) is 0 Å². The van der Waals surface area contributed by atoms with E-state index in [4.69, 9.17) is 4.74 Å². The van der Waals surface area contributed by atoms with E-state index in [9.17, 15) is 4.79 Å². The van der Waals surface area contributed by atoms with Gasteiger partial charge in [0.05, 0.1) is 11.9 Å². The average molecular weight is 299 g/mol. The van der Waals surface area contributed by atoms with Crippen molar-refractivity contribution in [2.45, 2.75) is 32.9 Å². The van der Waals surface area contributed by atoms with Crippen LogP contribution in [0.4, 0.5) is 16.2 Å². The molecule has 22 heavy (non-hydrogen) atoms. The standard InChI is InChI=1S/C17H21N3O2/c1-17(2,3)22-16(21)19-11-13-6-4-7-14(10-13)20-15-8-5-9-18-12-15/h4-10,12,20H,11H2,1-3H3,(H,19,21). The fourth-order valence-electron chi connectivity index (χ4n) is 1.85. The molecule has 5 nitrogen and oxygen atoms in total. The van der Waals surface area contributed by atoms with Crippen LogP contribution < -0.4 is 10.6 Å². The second kappa shape index (κ2) is 6.93. The second-order valence-corrected chi connectivity index (χ2v) is 5.92. The summed E-state index contributed by atoms with van der Waals surface area (Å²) in [4.78, 5) is 15.7. The van der Waals surface area contributed by atoms with E-state index in [1.165, 1.54) is 0 Å². The second-order valence-electron chi connectivity index (χ2n) is 5.92. The third-order valence-corrected chi connectivity index (χ3v) is 2.71. The van der Waals surface area contributed by atoms with Gasteiger partial charge in [-0.2, -0.15) is 0 Å². The maximum absolute atomic E-state index is 11.7. The SMILES string of the molecule is CC(C)(C)OC(=O)NCc1cccc(Nc2cccnc2)c1. The molecular formula is C17H21N3O2. The van der Waals surface area contributed by atoms with Crippen molar-refractivity contribution >= 4 is 17.5 Å². The fourth-order valence-corrected chi connectivity index (χ4v) is 1.85. The molecule has 0 fully saturated rings. The van der Waals surface area contributed by atoms with Crippen LogP contribution in [-0.2, 0) is 11.3 Å². The van der Waals surface area contributed by atoms with E-state index in [1.807, 2.05) is 57.2 Å². The molecule has 0 saturated heterocycles. The van der Waals surface area contributed by atoms with Gasteiger partial charge in [0.1, 0.15) is 5.60 Å². The first-order valence-corrected chi connectivity index (χ1v) is 7.15. The van der Waals surface area contributed by atoms with Crippen LogP contribution in [0.3, 0.4) is 0 Å². The van der Waals surface area contributed by atoms with E-state index in [2.05, 4.69) is 15.6 Å². The van der Waals surface area contributed by atoms with E-state index in [0.717, 1.165) is 16.9 Å². The third-order valence-electron chi connectivity index (χ3n) is 2.71. The number of hydrogen-bond donors (Lipinski definition) is 2. The summed E-state index contributed by atoms with van der Waals surface area (Å²) in [6, 6.07) is 11.6.